The topological polar surface area (TPSA) is 78.9 Å². The van der Waals surface area contributed by atoms with Crippen LogP contribution in [0.25, 0.3) is 0 Å². The van der Waals surface area contributed by atoms with Gasteiger partial charge in [-0.15, -0.1) is 0 Å². The van der Waals surface area contributed by atoms with Crippen LogP contribution in [-0.4, -0.2) is 41.0 Å². The van der Waals surface area contributed by atoms with E-state index in [9.17, 15) is 14.7 Å². The van der Waals surface area contributed by atoms with Crippen molar-refractivity contribution < 1.29 is 19.4 Å². The predicted molar refractivity (Wildman–Crippen MR) is 109 cm³/mol. The van der Waals surface area contributed by atoms with E-state index in [0.717, 1.165) is 11.1 Å². The Balaban J connectivity index is 1.71. The Bertz CT molecular complexity index is 940. The van der Waals surface area contributed by atoms with E-state index in [2.05, 4.69) is 5.32 Å². The van der Waals surface area contributed by atoms with Gasteiger partial charge in [-0.25, -0.2) is 0 Å². The summed E-state index contributed by atoms with van der Waals surface area (Å²) < 4.78 is 5.96. The SMILES string of the molecule is CC(C)C(=O)N1C[C@H]2NC(=O)CCc3ccc(O)c(c3)Oc3cccc(c3)[C@@H]2C1. The van der Waals surface area contributed by atoms with Crippen molar-refractivity contribution in [2.24, 2.45) is 5.92 Å². The number of hydrogen-bond acceptors (Lipinski definition) is 4. The first-order chi connectivity index (χ1) is 13.9. The third-order valence-corrected chi connectivity index (χ3v) is 5.65. The van der Waals surface area contributed by atoms with Crippen LogP contribution in [0.5, 0.6) is 17.2 Å². The summed E-state index contributed by atoms with van der Waals surface area (Å²) in [7, 11) is 0. The summed E-state index contributed by atoms with van der Waals surface area (Å²) in [4.78, 5) is 27.0. The zero-order valence-corrected chi connectivity index (χ0v) is 16.7. The summed E-state index contributed by atoms with van der Waals surface area (Å²) in [6, 6.07) is 12.7. The molecule has 2 aromatic carbocycles. The van der Waals surface area contributed by atoms with Gasteiger partial charge in [-0.2, -0.15) is 0 Å². The van der Waals surface area contributed by atoms with Crippen molar-refractivity contribution in [3.63, 3.8) is 0 Å². The van der Waals surface area contributed by atoms with Crippen LogP contribution in [0.15, 0.2) is 42.5 Å². The van der Waals surface area contributed by atoms with Gasteiger partial charge in [-0.3, -0.25) is 9.59 Å². The predicted octanol–water partition coefficient (Wildman–Crippen LogP) is 3.20. The fraction of sp³-hybridized carbons (Fsp3) is 0.391. The quantitative estimate of drug-likeness (QED) is 0.779. The molecule has 6 heteroatoms. The lowest BCUT2D eigenvalue weighted by molar-refractivity contribution is -0.133. The first-order valence-electron chi connectivity index (χ1n) is 10.1. The molecule has 2 aromatic rings. The van der Waals surface area contributed by atoms with Crippen LogP contribution in [0.3, 0.4) is 0 Å². The minimum Gasteiger partial charge on any atom is -0.504 e. The molecule has 2 aliphatic heterocycles. The molecule has 2 amide bonds. The minimum atomic E-state index is -0.141. The lowest BCUT2D eigenvalue weighted by atomic mass is 9.94. The number of likely N-dealkylation sites (tertiary alicyclic amines) is 1. The highest BCUT2D eigenvalue weighted by atomic mass is 16.5. The summed E-state index contributed by atoms with van der Waals surface area (Å²) in [5.74, 6) is 1.02. The van der Waals surface area contributed by atoms with E-state index in [0.29, 0.717) is 37.4 Å². The summed E-state index contributed by atoms with van der Waals surface area (Å²) in [6.07, 6.45) is 0.884. The van der Waals surface area contributed by atoms with Gasteiger partial charge in [0.15, 0.2) is 11.5 Å². The van der Waals surface area contributed by atoms with Crippen LogP contribution in [0.4, 0.5) is 0 Å². The second-order valence-corrected chi connectivity index (χ2v) is 8.16. The molecule has 0 aliphatic carbocycles. The van der Waals surface area contributed by atoms with Gasteiger partial charge in [-0.05, 0) is 41.8 Å². The third-order valence-electron chi connectivity index (χ3n) is 5.65. The number of nitrogens with one attached hydrogen (secondary N) is 1. The highest BCUT2D eigenvalue weighted by molar-refractivity contribution is 5.80. The Kier molecular flexibility index (Phi) is 5.18. The van der Waals surface area contributed by atoms with E-state index in [4.69, 9.17) is 4.74 Å². The Morgan fingerprint density at radius 1 is 1.17 bits per heavy atom. The maximum atomic E-state index is 12.6. The van der Waals surface area contributed by atoms with Crippen molar-refractivity contribution in [1.82, 2.24) is 10.2 Å². The molecular weight excluding hydrogens is 368 g/mol. The van der Waals surface area contributed by atoms with Crippen molar-refractivity contribution in [1.29, 1.82) is 0 Å². The van der Waals surface area contributed by atoms with Gasteiger partial charge in [0.2, 0.25) is 11.8 Å². The second-order valence-electron chi connectivity index (χ2n) is 8.16. The van der Waals surface area contributed by atoms with Gasteiger partial charge < -0.3 is 20.1 Å². The number of aromatic hydroxyl groups is 1. The van der Waals surface area contributed by atoms with Gasteiger partial charge >= 0.3 is 0 Å². The number of benzene rings is 2. The molecule has 2 N–H and O–H groups in total. The average molecular weight is 394 g/mol. The molecule has 0 radical (unpaired) electrons. The number of phenolic OH excluding ortho intramolecular Hbond substituents is 1. The van der Waals surface area contributed by atoms with Gasteiger partial charge in [0, 0.05) is 31.3 Å². The maximum Gasteiger partial charge on any atom is 0.225 e. The van der Waals surface area contributed by atoms with Crippen molar-refractivity contribution in [2.75, 3.05) is 13.1 Å². The number of nitrogens with zero attached hydrogens (tertiary/aromatic N) is 1. The molecule has 1 saturated heterocycles. The van der Waals surface area contributed by atoms with Crippen LogP contribution in [0.1, 0.15) is 37.3 Å². The van der Waals surface area contributed by atoms with E-state index < -0.39 is 0 Å². The normalized spacial score (nSPS) is 21.3. The fourth-order valence-corrected chi connectivity index (χ4v) is 4.10. The second kappa shape index (κ2) is 7.78. The molecule has 0 unspecified atom stereocenters. The smallest absolute Gasteiger partial charge is 0.225 e. The fourth-order valence-electron chi connectivity index (χ4n) is 4.10. The monoisotopic (exact) mass is 394 g/mol. The van der Waals surface area contributed by atoms with Gasteiger partial charge in [0.05, 0.1) is 6.04 Å². The van der Waals surface area contributed by atoms with E-state index >= 15 is 0 Å². The third kappa shape index (κ3) is 4.06. The molecular formula is C23H26N2O4. The molecule has 6 nitrogen and oxygen atoms in total. The molecule has 2 aliphatic rings. The average Bonchev–Trinajstić information content (AvgIpc) is 3.11. The van der Waals surface area contributed by atoms with E-state index in [1.54, 1.807) is 18.2 Å². The molecule has 4 bridgehead atoms. The summed E-state index contributed by atoms with van der Waals surface area (Å²) in [6.45, 7) is 4.85. The largest absolute Gasteiger partial charge is 0.504 e. The Morgan fingerprint density at radius 2 is 2.00 bits per heavy atom. The lowest BCUT2D eigenvalue weighted by Gasteiger charge is -2.20. The molecule has 4 rings (SSSR count). The van der Waals surface area contributed by atoms with Crippen molar-refractivity contribution >= 4 is 11.8 Å². The number of phenols is 1. The molecule has 2 heterocycles. The molecule has 0 spiro atoms. The number of carbonyl (C=O) groups excluding carboxylic acids is 2. The first-order valence-corrected chi connectivity index (χ1v) is 10.1. The maximum absolute atomic E-state index is 12.6. The molecule has 0 aromatic heterocycles. The number of carbonyl (C=O) groups is 2. The minimum absolute atomic E-state index is 0.0114. The summed E-state index contributed by atoms with van der Waals surface area (Å²) >= 11 is 0. The Hall–Kier alpha value is -3.02. The van der Waals surface area contributed by atoms with Crippen LogP contribution in [-0.2, 0) is 16.0 Å². The number of ether oxygens (including phenoxy) is 1. The lowest BCUT2D eigenvalue weighted by Crippen LogP contribution is -2.41. The molecule has 29 heavy (non-hydrogen) atoms. The zero-order chi connectivity index (χ0) is 20.5. The first kappa shape index (κ1) is 19.3. The highest BCUT2D eigenvalue weighted by Gasteiger charge is 2.37. The van der Waals surface area contributed by atoms with Gasteiger partial charge in [0.1, 0.15) is 5.75 Å². The Labute approximate surface area is 170 Å². The Morgan fingerprint density at radius 3 is 2.79 bits per heavy atom. The van der Waals surface area contributed by atoms with Crippen molar-refractivity contribution in [3.05, 3.63) is 53.6 Å². The molecule has 1 fully saturated rings. The number of hydrogen-bond donors (Lipinski definition) is 2. The summed E-state index contributed by atoms with van der Waals surface area (Å²) in [5.41, 5.74) is 1.92. The number of fused-ring (bicyclic) bond motifs is 6. The van der Waals surface area contributed by atoms with Gasteiger partial charge in [0.25, 0.3) is 0 Å². The molecule has 152 valence electrons. The number of rotatable bonds is 1. The molecule has 2 atom stereocenters. The van der Waals surface area contributed by atoms with Crippen LogP contribution in [0.2, 0.25) is 0 Å². The standard InChI is InChI=1S/C23H26N2O4/c1-14(2)23(28)25-12-18-16-4-3-5-17(11-16)29-21-10-15(6-8-20(21)26)7-9-22(27)24-19(18)13-25/h3-6,8,10-11,14,18-19,26H,7,9,12-13H2,1-2H3,(H,24,27)/t18-,19+/m0/s1. The van der Waals surface area contributed by atoms with E-state index in [-0.39, 0.29) is 35.4 Å². The van der Waals surface area contributed by atoms with Gasteiger partial charge in [-0.1, -0.05) is 32.0 Å². The zero-order valence-electron chi connectivity index (χ0n) is 16.7. The van der Waals surface area contributed by atoms with Crippen molar-refractivity contribution in [2.45, 2.75) is 38.6 Å². The van der Waals surface area contributed by atoms with E-state index in [1.807, 2.05) is 43.0 Å². The van der Waals surface area contributed by atoms with Crippen molar-refractivity contribution in [3.8, 4) is 17.2 Å². The highest BCUT2D eigenvalue weighted by Crippen LogP contribution is 2.35. The van der Waals surface area contributed by atoms with E-state index in [1.165, 1.54) is 0 Å². The van der Waals surface area contributed by atoms with Crippen LogP contribution >= 0.6 is 0 Å². The number of aryl methyl sites for hydroxylation is 1. The summed E-state index contributed by atoms with van der Waals surface area (Å²) in [5, 5.41) is 13.3. The van der Waals surface area contributed by atoms with Crippen LogP contribution < -0.4 is 10.1 Å². The van der Waals surface area contributed by atoms with Crippen LogP contribution in [0, 0.1) is 5.92 Å². The number of amides is 2. The molecule has 0 saturated carbocycles.